The maximum atomic E-state index is 11.2. The second-order valence-electron chi connectivity index (χ2n) is 3.58. The van der Waals surface area contributed by atoms with E-state index in [9.17, 15) is 4.79 Å². The van der Waals surface area contributed by atoms with E-state index < -0.39 is 5.97 Å². The van der Waals surface area contributed by atoms with Gasteiger partial charge in [-0.15, -0.1) is 0 Å². The first-order valence-electron chi connectivity index (χ1n) is 5.30. The van der Waals surface area contributed by atoms with Gasteiger partial charge in [-0.1, -0.05) is 29.8 Å². The summed E-state index contributed by atoms with van der Waals surface area (Å²) in [5, 5.41) is 0.837. The Balaban J connectivity index is 2.89. The molecule has 19 heavy (non-hydrogen) atoms. The summed E-state index contributed by atoms with van der Waals surface area (Å²) >= 11 is 11.7. The van der Waals surface area contributed by atoms with Gasteiger partial charge in [0.1, 0.15) is 0 Å². The Labute approximate surface area is 121 Å². The molecule has 0 fully saturated rings. The van der Waals surface area contributed by atoms with Crippen LogP contribution in [0.5, 0.6) is 0 Å². The van der Waals surface area contributed by atoms with Crippen LogP contribution < -0.4 is 0 Å². The van der Waals surface area contributed by atoms with E-state index in [2.05, 4.69) is 16.3 Å². The van der Waals surface area contributed by atoms with E-state index in [4.69, 9.17) is 27.9 Å². The zero-order valence-corrected chi connectivity index (χ0v) is 12.1. The lowest BCUT2D eigenvalue weighted by Gasteiger charge is -2.07. The van der Waals surface area contributed by atoms with Crippen LogP contribution >= 0.6 is 23.2 Å². The predicted octanol–water partition coefficient (Wildman–Crippen LogP) is 3.79. The Morgan fingerprint density at radius 3 is 2.47 bits per heavy atom. The highest BCUT2D eigenvalue weighted by Gasteiger charge is 2.11. The molecule has 6 heteroatoms. The van der Waals surface area contributed by atoms with Gasteiger partial charge in [-0.2, -0.15) is 0 Å². The number of esters is 1. The number of benzene rings is 1. The summed E-state index contributed by atoms with van der Waals surface area (Å²) in [6.07, 6.45) is 0.156. The van der Waals surface area contributed by atoms with Crippen LogP contribution in [-0.4, -0.2) is 26.1 Å². The van der Waals surface area contributed by atoms with Gasteiger partial charge in [-0.3, -0.25) is 0 Å². The third kappa shape index (κ3) is 4.58. The SMILES string of the molecule is C=C(CC(=Nc1ccc(Cl)c(Cl)c1)OC)C(=O)OC. The topological polar surface area (TPSA) is 47.9 Å². The first-order chi connectivity index (χ1) is 8.97. The molecule has 0 aliphatic rings. The molecular weight excluding hydrogens is 289 g/mol. The van der Waals surface area contributed by atoms with Crippen LogP contribution in [0.1, 0.15) is 6.42 Å². The quantitative estimate of drug-likeness (QED) is 0.368. The molecule has 0 saturated heterocycles. The molecule has 1 aromatic rings. The van der Waals surface area contributed by atoms with Gasteiger partial charge in [0.15, 0.2) is 5.90 Å². The van der Waals surface area contributed by atoms with Gasteiger partial charge in [0.25, 0.3) is 0 Å². The highest BCUT2D eigenvalue weighted by atomic mass is 35.5. The molecule has 0 radical (unpaired) electrons. The molecular formula is C13H13Cl2NO3. The molecule has 102 valence electrons. The average molecular weight is 302 g/mol. The number of carbonyl (C=O) groups excluding carboxylic acids is 1. The number of rotatable bonds is 4. The number of nitrogens with zero attached hydrogens (tertiary/aromatic N) is 1. The first kappa shape index (κ1) is 15.5. The highest BCUT2D eigenvalue weighted by Crippen LogP contribution is 2.27. The van der Waals surface area contributed by atoms with E-state index in [0.29, 0.717) is 21.6 Å². The Morgan fingerprint density at radius 2 is 1.95 bits per heavy atom. The minimum Gasteiger partial charge on any atom is -0.484 e. The van der Waals surface area contributed by atoms with Crippen LogP contribution in [0, 0.1) is 0 Å². The molecule has 0 atom stereocenters. The minimum absolute atomic E-state index is 0.156. The zero-order valence-electron chi connectivity index (χ0n) is 10.6. The molecule has 0 bridgehead atoms. The molecule has 0 N–H and O–H groups in total. The summed E-state index contributed by atoms with van der Waals surface area (Å²) < 4.78 is 9.65. The van der Waals surface area contributed by atoms with Gasteiger partial charge in [-0.05, 0) is 18.2 Å². The van der Waals surface area contributed by atoms with Crippen LogP contribution in [0.25, 0.3) is 0 Å². The van der Waals surface area contributed by atoms with Crippen LogP contribution in [0.4, 0.5) is 5.69 Å². The van der Waals surface area contributed by atoms with Gasteiger partial charge >= 0.3 is 5.97 Å². The van der Waals surface area contributed by atoms with E-state index in [0.717, 1.165) is 0 Å². The standard InChI is InChI=1S/C13H13Cl2NO3/c1-8(13(17)19-3)6-12(18-2)16-9-4-5-10(14)11(15)7-9/h4-5,7H,1,6H2,2-3H3. The third-order valence-corrected chi connectivity index (χ3v) is 2.97. The van der Waals surface area contributed by atoms with E-state index in [-0.39, 0.29) is 12.0 Å². The fourth-order valence-electron chi connectivity index (χ4n) is 1.25. The van der Waals surface area contributed by atoms with Gasteiger partial charge in [0, 0.05) is 5.57 Å². The molecule has 0 aromatic heterocycles. The van der Waals surface area contributed by atoms with Crippen molar-refractivity contribution in [3.8, 4) is 0 Å². The van der Waals surface area contributed by atoms with Gasteiger partial charge in [0.2, 0.25) is 0 Å². The number of halogens is 2. The van der Waals surface area contributed by atoms with Crippen molar-refractivity contribution in [1.82, 2.24) is 0 Å². The normalized spacial score (nSPS) is 11.1. The molecule has 1 aromatic carbocycles. The minimum atomic E-state index is -0.501. The van der Waals surface area contributed by atoms with Crippen molar-refractivity contribution in [3.63, 3.8) is 0 Å². The van der Waals surface area contributed by atoms with Crippen molar-refractivity contribution >= 4 is 40.8 Å². The van der Waals surface area contributed by atoms with Crippen molar-refractivity contribution in [1.29, 1.82) is 0 Å². The van der Waals surface area contributed by atoms with Gasteiger partial charge in [0.05, 0.1) is 36.4 Å². The molecule has 0 spiro atoms. The molecule has 0 aliphatic heterocycles. The predicted molar refractivity (Wildman–Crippen MR) is 76.3 cm³/mol. The van der Waals surface area contributed by atoms with Crippen molar-refractivity contribution in [2.24, 2.45) is 4.99 Å². The van der Waals surface area contributed by atoms with Crippen molar-refractivity contribution in [3.05, 3.63) is 40.4 Å². The molecule has 1 rings (SSSR count). The van der Waals surface area contributed by atoms with Crippen LogP contribution in [0.3, 0.4) is 0 Å². The smallest absolute Gasteiger partial charge is 0.333 e. The summed E-state index contributed by atoms with van der Waals surface area (Å²) in [4.78, 5) is 15.5. The summed E-state index contributed by atoms with van der Waals surface area (Å²) in [5.74, 6) is -0.173. The number of methoxy groups -OCH3 is 2. The van der Waals surface area contributed by atoms with E-state index in [1.165, 1.54) is 14.2 Å². The lowest BCUT2D eigenvalue weighted by atomic mass is 10.2. The highest BCUT2D eigenvalue weighted by molar-refractivity contribution is 6.42. The maximum Gasteiger partial charge on any atom is 0.333 e. The van der Waals surface area contributed by atoms with Crippen LogP contribution in [0.2, 0.25) is 10.0 Å². The molecule has 0 saturated carbocycles. The average Bonchev–Trinajstić information content (AvgIpc) is 2.40. The number of carbonyl (C=O) groups is 1. The summed E-state index contributed by atoms with van der Waals surface area (Å²) in [7, 11) is 2.75. The third-order valence-electron chi connectivity index (χ3n) is 2.23. The molecule has 0 amide bonds. The van der Waals surface area contributed by atoms with E-state index >= 15 is 0 Å². The lowest BCUT2D eigenvalue weighted by Crippen LogP contribution is -2.10. The van der Waals surface area contributed by atoms with Gasteiger partial charge in [-0.25, -0.2) is 9.79 Å². The monoisotopic (exact) mass is 301 g/mol. The maximum absolute atomic E-state index is 11.2. The van der Waals surface area contributed by atoms with Crippen molar-refractivity contribution in [2.75, 3.05) is 14.2 Å². The second kappa shape index (κ2) is 7.16. The lowest BCUT2D eigenvalue weighted by molar-refractivity contribution is -0.136. The van der Waals surface area contributed by atoms with Crippen molar-refractivity contribution < 1.29 is 14.3 Å². The number of hydrogen-bond donors (Lipinski definition) is 0. The fraction of sp³-hybridized carbons (Fsp3) is 0.231. The van der Waals surface area contributed by atoms with Crippen molar-refractivity contribution in [2.45, 2.75) is 6.42 Å². The number of aliphatic imine (C=N–C) groups is 1. The van der Waals surface area contributed by atoms with Crippen LogP contribution in [-0.2, 0) is 14.3 Å². The molecule has 4 nitrogen and oxygen atoms in total. The zero-order chi connectivity index (χ0) is 14.4. The first-order valence-corrected chi connectivity index (χ1v) is 6.06. The Kier molecular flexibility index (Phi) is 5.86. The largest absolute Gasteiger partial charge is 0.484 e. The summed E-state index contributed by atoms with van der Waals surface area (Å²) in [5.41, 5.74) is 0.826. The fourth-order valence-corrected chi connectivity index (χ4v) is 1.55. The summed E-state index contributed by atoms with van der Waals surface area (Å²) in [6, 6.07) is 4.92. The second-order valence-corrected chi connectivity index (χ2v) is 4.39. The van der Waals surface area contributed by atoms with Gasteiger partial charge < -0.3 is 9.47 Å². The Hall–Kier alpha value is -1.52. The van der Waals surface area contributed by atoms with Crippen LogP contribution in [0.15, 0.2) is 35.3 Å². The molecule has 0 heterocycles. The number of hydrogen-bond acceptors (Lipinski definition) is 4. The van der Waals surface area contributed by atoms with E-state index in [1.807, 2.05) is 0 Å². The van der Waals surface area contributed by atoms with E-state index in [1.54, 1.807) is 18.2 Å². The molecule has 0 aliphatic carbocycles. The Bertz CT molecular complexity index is 527. The summed E-state index contributed by atoms with van der Waals surface area (Å²) in [6.45, 7) is 3.60. The Morgan fingerprint density at radius 1 is 1.26 bits per heavy atom. The number of ether oxygens (including phenoxy) is 2. The molecule has 0 unspecified atom stereocenters.